The molecule has 4 amide bonds. The Labute approximate surface area is 365 Å². The van der Waals surface area contributed by atoms with Crippen LogP contribution in [0.25, 0.3) is 28.2 Å². The molecule has 0 bridgehead atoms. The maximum atomic E-state index is 14.4. The van der Waals surface area contributed by atoms with Gasteiger partial charge in [-0.15, -0.1) is 6.58 Å². The molecule has 14 nitrogen and oxygen atoms in total. The standard InChI is InChI=1S/C47H59N5O9S/c1-11-14-18-26-62(57,58)52-42(53)35(19-12-2)49-43(54)40(50-44(55)41(46(4,5)6)51-45(56)61-47(7,8)9)32-22-25-38(30(13-3)27-32)60-39-29-36(31-20-16-15-17-21-31)48-37-28-33(59-10)23-24-34(37)39/h11,13,15-17,20-25,27-29,35,40-41H,1,3,12,14,18-19,26H2,2,4-10H3,(H,49,54)(H,50,55)(H,51,56)(H,52,53)/t35-,40-,41+/m0/s1. The van der Waals surface area contributed by atoms with E-state index in [-0.39, 0.29) is 24.2 Å². The van der Waals surface area contributed by atoms with Crippen molar-refractivity contribution < 1.29 is 41.8 Å². The number of benzene rings is 3. The SMILES string of the molecule is C=CCCCS(=O)(=O)NC(=O)[C@H](CCC)NC(=O)[C@@H](NC(=O)[C@@H](NC(=O)OC(C)(C)C)C(C)(C)C)c1ccc(Oc2cc(-c3ccccc3)nc3cc(OC)ccc23)c(C=C)c1. The molecule has 4 N–H and O–H groups in total. The highest BCUT2D eigenvalue weighted by atomic mass is 32.2. The predicted octanol–water partition coefficient (Wildman–Crippen LogP) is 8.14. The van der Waals surface area contributed by atoms with Crippen LogP contribution in [0.4, 0.5) is 4.79 Å². The maximum absolute atomic E-state index is 14.4. The second-order valence-electron chi connectivity index (χ2n) is 16.8. The van der Waals surface area contributed by atoms with Gasteiger partial charge in [0.25, 0.3) is 5.91 Å². The van der Waals surface area contributed by atoms with Crippen molar-refractivity contribution in [3.05, 3.63) is 103 Å². The summed E-state index contributed by atoms with van der Waals surface area (Å²) >= 11 is 0. The largest absolute Gasteiger partial charge is 0.497 e. The van der Waals surface area contributed by atoms with Crippen LogP contribution < -0.4 is 30.1 Å². The van der Waals surface area contributed by atoms with E-state index in [1.54, 1.807) is 85.9 Å². The summed E-state index contributed by atoms with van der Waals surface area (Å²) in [6.45, 7) is 19.7. The normalized spacial score (nSPS) is 13.2. The number of methoxy groups -OCH3 is 1. The van der Waals surface area contributed by atoms with Crippen LogP contribution in [0.3, 0.4) is 0 Å². The van der Waals surface area contributed by atoms with Crippen LogP contribution in [-0.4, -0.2) is 67.8 Å². The summed E-state index contributed by atoms with van der Waals surface area (Å²) in [6.07, 6.45) is 3.46. The smallest absolute Gasteiger partial charge is 0.408 e. The maximum Gasteiger partial charge on any atom is 0.408 e. The van der Waals surface area contributed by atoms with Gasteiger partial charge in [-0.25, -0.2) is 18.2 Å². The van der Waals surface area contributed by atoms with Crippen molar-refractivity contribution >= 4 is 50.8 Å². The number of unbranched alkanes of at least 4 members (excludes halogenated alkanes) is 1. The number of alkyl carbamates (subject to hydrolysis) is 1. The number of sulfonamides is 1. The van der Waals surface area contributed by atoms with Gasteiger partial charge >= 0.3 is 6.09 Å². The van der Waals surface area contributed by atoms with Gasteiger partial charge in [-0.1, -0.05) is 89.2 Å². The number of hydrogen-bond acceptors (Lipinski definition) is 10. The molecule has 1 heterocycles. The molecule has 0 aliphatic heterocycles. The zero-order valence-corrected chi connectivity index (χ0v) is 37.6. The van der Waals surface area contributed by atoms with Gasteiger partial charge in [0.1, 0.15) is 41.0 Å². The van der Waals surface area contributed by atoms with Gasteiger partial charge in [-0.2, -0.15) is 0 Å². The van der Waals surface area contributed by atoms with E-state index >= 15 is 0 Å². The second-order valence-corrected chi connectivity index (χ2v) is 18.7. The Morgan fingerprint density at radius 3 is 2.16 bits per heavy atom. The molecule has 0 radical (unpaired) electrons. The van der Waals surface area contributed by atoms with Crippen LogP contribution in [0.15, 0.2) is 92.0 Å². The van der Waals surface area contributed by atoms with E-state index in [2.05, 4.69) is 33.8 Å². The third-order valence-electron chi connectivity index (χ3n) is 9.48. The highest BCUT2D eigenvalue weighted by Gasteiger charge is 2.37. The van der Waals surface area contributed by atoms with Crippen LogP contribution in [0, 0.1) is 5.41 Å². The molecule has 332 valence electrons. The molecule has 0 saturated heterocycles. The van der Waals surface area contributed by atoms with E-state index in [0.29, 0.717) is 52.3 Å². The Kier molecular flexibility index (Phi) is 16.4. The molecular weight excluding hydrogens is 811 g/mol. The number of rotatable bonds is 19. The molecule has 0 unspecified atom stereocenters. The lowest BCUT2D eigenvalue weighted by Gasteiger charge is -2.33. The number of fused-ring (bicyclic) bond motifs is 1. The number of amides is 4. The summed E-state index contributed by atoms with van der Waals surface area (Å²) in [5.41, 5.74) is 1.13. The molecule has 0 fully saturated rings. The number of pyridine rings is 1. The summed E-state index contributed by atoms with van der Waals surface area (Å²) in [7, 11) is -2.45. The predicted molar refractivity (Wildman–Crippen MR) is 242 cm³/mol. The Morgan fingerprint density at radius 1 is 0.839 bits per heavy atom. The lowest BCUT2D eigenvalue weighted by Crippen LogP contribution is -2.57. The fourth-order valence-electron chi connectivity index (χ4n) is 6.39. The van der Waals surface area contributed by atoms with Crippen molar-refractivity contribution in [1.82, 2.24) is 25.7 Å². The van der Waals surface area contributed by atoms with Gasteiger partial charge in [0.15, 0.2) is 0 Å². The van der Waals surface area contributed by atoms with Gasteiger partial charge in [0, 0.05) is 28.6 Å². The van der Waals surface area contributed by atoms with Gasteiger partial charge in [0.2, 0.25) is 21.8 Å². The Hall–Kier alpha value is -6.22. The number of nitrogens with one attached hydrogen (secondary N) is 4. The third kappa shape index (κ3) is 13.6. The lowest BCUT2D eigenvalue weighted by molar-refractivity contribution is -0.133. The topological polar surface area (TPSA) is 191 Å². The first-order valence-electron chi connectivity index (χ1n) is 20.4. The highest BCUT2D eigenvalue weighted by Crippen LogP contribution is 2.37. The quantitative estimate of drug-likeness (QED) is 0.0529. The number of nitrogens with zero attached hydrogens (tertiary/aromatic N) is 1. The molecule has 15 heteroatoms. The van der Waals surface area contributed by atoms with E-state index in [1.165, 1.54) is 6.08 Å². The number of hydrogen-bond donors (Lipinski definition) is 4. The van der Waals surface area contributed by atoms with E-state index in [1.807, 2.05) is 48.5 Å². The van der Waals surface area contributed by atoms with Gasteiger partial charge in [0.05, 0.1) is 24.1 Å². The van der Waals surface area contributed by atoms with Gasteiger partial charge in [-0.05, 0) is 75.3 Å². The van der Waals surface area contributed by atoms with E-state index < -0.39 is 63.0 Å². The number of allylic oxidation sites excluding steroid dienone is 1. The van der Waals surface area contributed by atoms with Crippen LogP contribution in [0.1, 0.15) is 91.3 Å². The second kappa shape index (κ2) is 21.0. The van der Waals surface area contributed by atoms with Crippen molar-refractivity contribution in [3.63, 3.8) is 0 Å². The van der Waals surface area contributed by atoms with Crippen LogP contribution in [0.2, 0.25) is 0 Å². The molecule has 0 spiro atoms. The third-order valence-corrected chi connectivity index (χ3v) is 10.8. The summed E-state index contributed by atoms with van der Waals surface area (Å²) in [5, 5.41) is 8.79. The molecule has 62 heavy (non-hydrogen) atoms. The fraction of sp³-hybridized carbons (Fsp3) is 0.383. The van der Waals surface area contributed by atoms with Crippen LogP contribution >= 0.6 is 0 Å². The first kappa shape index (κ1) is 48.4. The monoisotopic (exact) mass is 869 g/mol. The van der Waals surface area contributed by atoms with Gasteiger partial charge < -0.3 is 30.2 Å². The van der Waals surface area contributed by atoms with Crippen LogP contribution in [-0.2, 0) is 29.1 Å². The van der Waals surface area contributed by atoms with Crippen molar-refractivity contribution in [3.8, 4) is 28.5 Å². The first-order chi connectivity index (χ1) is 29.2. The molecule has 1 aromatic heterocycles. The molecule has 0 aliphatic rings. The van der Waals surface area contributed by atoms with Crippen molar-refractivity contribution in [1.29, 1.82) is 0 Å². The minimum absolute atomic E-state index is 0.0899. The number of carbonyl (C=O) groups is 4. The Morgan fingerprint density at radius 2 is 1.55 bits per heavy atom. The molecule has 3 aromatic carbocycles. The fourth-order valence-corrected chi connectivity index (χ4v) is 7.49. The molecule has 0 saturated carbocycles. The minimum atomic E-state index is -4.03. The average molecular weight is 870 g/mol. The summed E-state index contributed by atoms with van der Waals surface area (Å²) in [6, 6.07) is 17.8. The highest BCUT2D eigenvalue weighted by molar-refractivity contribution is 7.90. The Balaban J connectivity index is 1.78. The molecule has 3 atom stereocenters. The number of ether oxygens (including phenoxy) is 3. The van der Waals surface area contributed by atoms with Gasteiger partial charge in [-0.3, -0.25) is 19.1 Å². The summed E-state index contributed by atoms with van der Waals surface area (Å²) < 4.78 is 45.1. The zero-order chi connectivity index (χ0) is 45.8. The average Bonchev–Trinajstić information content (AvgIpc) is 3.20. The Bertz CT molecular complexity index is 2370. The minimum Gasteiger partial charge on any atom is -0.497 e. The zero-order valence-electron chi connectivity index (χ0n) is 36.8. The van der Waals surface area contributed by atoms with E-state index in [0.717, 1.165) is 5.56 Å². The van der Waals surface area contributed by atoms with Crippen molar-refractivity contribution in [2.75, 3.05) is 12.9 Å². The molecule has 4 aromatic rings. The van der Waals surface area contributed by atoms with E-state index in [4.69, 9.17) is 19.2 Å². The molecule has 4 rings (SSSR count). The van der Waals surface area contributed by atoms with Crippen molar-refractivity contribution in [2.24, 2.45) is 5.41 Å². The molecule has 0 aliphatic carbocycles. The lowest BCUT2D eigenvalue weighted by atomic mass is 9.86. The first-order valence-corrected chi connectivity index (χ1v) is 22.1. The van der Waals surface area contributed by atoms with Crippen LogP contribution in [0.5, 0.6) is 17.2 Å². The summed E-state index contributed by atoms with van der Waals surface area (Å²) in [4.78, 5) is 59.9. The van der Waals surface area contributed by atoms with Crippen molar-refractivity contribution in [2.45, 2.75) is 97.9 Å². The molecular formula is C47H59N5O9S. The number of carbonyl (C=O) groups excluding carboxylic acids is 4. The number of aromatic nitrogens is 1. The van der Waals surface area contributed by atoms with E-state index in [9.17, 15) is 27.6 Å². The summed E-state index contributed by atoms with van der Waals surface area (Å²) in [5.74, 6) is -1.32.